The molecule has 4 nitrogen and oxygen atoms in total. The van der Waals surface area contributed by atoms with Gasteiger partial charge in [0.05, 0.1) is 5.75 Å². The highest BCUT2D eigenvalue weighted by Crippen LogP contribution is 2.23. The summed E-state index contributed by atoms with van der Waals surface area (Å²) in [5, 5.41) is 3.71. The molecular formula is C18H30N2O2S. The highest BCUT2D eigenvalue weighted by atomic mass is 32.2. The molecule has 2 N–H and O–H groups in total. The van der Waals surface area contributed by atoms with Gasteiger partial charge in [-0.25, -0.2) is 4.21 Å². The Labute approximate surface area is 142 Å². The van der Waals surface area contributed by atoms with Crippen molar-refractivity contribution in [3.63, 3.8) is 0 Å². The van der Waals surface area contributed by atoms with Crippen LogP contribution in [-0.4, -0.2) is 38.8 Å². The van der Waals surface area contributed by atoms with Gasteiger partial charge in [0.25, 0.3) is 0 Å². The van der Waals surface area contributed by atoms with Crippen molar-refractivity contribution in [2.75, 3.05) is 19.6 Å². The van der Waals surface area contributed by atoms with Crippen molar-refractivity contribution in [1.29, 1.82) is 0 Å². The molecule has 130 valence electrons. The van der Waals surface area contributed by atoms with Crippen molar-refractivity contribution in [1.82, 2.24) is 10.2 Å². The molecule has 0 radical (unpaired) electrons. The molecule has 0 aliphatic carbocycles. The van der Waals surface area contributed by atoms with Crippen molar-refractivity contribution in [3.8, 4) is 0 Å². The fourth-order valence-electron chi connectivity index (χ4n) is 3.13. The Morgan fingerprint density at radius 3 is 2.30 bits per heavy atom. The second kappa shape index (κ2) is 8.38. The minimum Gasteiger partial charge on any atom is -0.307 e. The van der Waals surface area contributed by atoms with Gasteiger partial charge in [0, 0.05) is 18.6 Å². The number of hydrogen-bond donors (Lipinski definition) is 2. The number of piperidine rings is 1. The highest BCUT2D eigenvalue weighted by molar-refractivity contribution is 7.78. The molecular weight excluding hydrogens is 308 g/mol. The molecule has 0 aromatic heterocycles. The first-order chi connectivity index (χ1) is 10.9. The molecule has 1 heterocycles. The number of benzene rings is 1. The molecule has 1 aliphatic rings. The third-order valence-corrected chi connectivity index (χ3v) is 5.20. The SMILES string of the molecule is CC(C)CN1CCC(C)(NCc2ccc(CS(=O)O)cc2)CC1. The van der Waals surface area contributed by atoms with Gasteiger partial charge in [0.15, 0.2) is 11.1 Å². The van der Waals surface area contributed by atoms with Gasteiger partial charge in [-0.1, -0.05) is 38.1 Å². The van der Waals surface area contributed by atoms with Gasteiger partial charge in [-0.3, -0.25) is 0 Å². The maximum Gasteiger partial charge on any atom is 0.157 e. The van der Waals surface area contributed by atoms with Crippen molar-refractivity contribution in [2.24, 2.45) is 5.92 Å². The molecule has 0 spiro atoms. The Bertz CT molecular complexity index is 508. The molecule has 0 amide bonds. The highest BCUT2D eigenvalue weighted by Gasteiger charge is 2.29. The Balaban J connectivity index is 1.80. The zero-order valence-corrected chi connectivity index (χ0v) is 15.4. The lowest BCUT2D eigenvalue weighted by Crippen LogP contribution is -2.51. The van der Waals surface area contributed by atoms with E-state index in [0.717, 1.165) is 18.0 Å². The zero-order valence-electron chi connectivity index (χ0n) is 14.5. The van der Waals surface area contributed by atoms with Gasteiger partial charge < -0.3 is 14.8 Å². The van der Waals surface area contributed by atoms with E-state index in [2.05, 4.69) is 31.0 Å². The number of hydrogen-bond acceptors (Lipinski definition) is 3. The molecule has 0 bridgehead atoms. The minimum atomic E-state index is -1.77. The van der Waals surface area contributed by atoms with E-state index >= 15 is 0 Å². The lowest BCUT2D eigenvalue weighted by Gasteiger charge is -2.40. The Hall–Kier alpha value is -0.750. The summed E-state index contributed by atoms with van der Waals surface area (Å²) in [7, 11) is 0. The zero-order chi connectivity index (χ0) is 16.9. The van der Waals surface area contributed by atoms with Crippen LogP contribution in [0.25, 0.3) is 0 Å². The molecule has 1 unspecified atom stereocenters. The maximum atomic E-state index is 10.8. The van der Waals surface area contributed by atoms with E-state index in [1.165, 1.54) is 38.0 Å². The molecule has 1 fully saturated rings. The van der Waals surface area contributed by atoms with Crippen molar-refractivity contribution in [3.05, 3.63) is 35.4 Å². The third-order valence-electron chi connectivity index (χ3n) is 4.62. The fraction of sp³-hybridized carbons (Fsp3) is 0.667. The summed E-state index contributed by atoms with van der Waals surface area (Å²) < 4.78 is 19.7. The predicted octanol–water partition coefficient (Wildman–Crippen LogP) is 3.01. The average molecular weight is 339 g/mol. The van der Waals surface area contributed by atoms with Crippen LogP contribution in [0.4, 0.5) is 0 Å². The maximum absolute atomic E-state index is 10.8. The molecule has 2 rings (SSSR count). The lowest BCUT2D eigenvalue weighted by atomic mass is 9.89. The molecule has 1 saturated heterocycles. The quantitative estimate of drug-likeness (QED) is 0.751. The topological polar surface area (TPSA) is 52.6 Å². The van der Waals surface area contributed by atoms with E-state index in [-0.39, 0.29) is 11.3 Å². The van der Waals surface area contributed by atoms with Crippen LogP contribution in [0.5, 0.6) is 0 Å². The van der Waals surface area contributed by atoms with Crippen LogP contribution in [0.15, 0.2) is 24.3 Å². The van der Waals surface area contributed by atoms with Crippen LogP contribution >= 0.6 is 0 Å². The summed E-state index contributed by atoms with van der Waals surface area (Å²) in [6.45, 7) is 11.3. The van der Waals surface area contributed by atoms with Crippen molar-refractivity contribution >= 4 is 11.1 Å². The summed E-state index contributed by atoms with van der Waals surface area (Å²) in [5.74, 6) is 0.941. The molecule has 1 aliphatic heterocycles. The van der Waals surface area contributed by atoms with Gasteiger partial charge in [-0.05, 0) is 49.9 Å². The monoisotopic (exact) mass is 338 g/mol. The molecule has 5 heteroatoms. The van der Waals surface area contributed by atoms with Gasteiger partial charge in [-0.15, -0.1) is 0 Å². The number of likely N-dealkylation sites (tertiary alicyclic amines) is 1. The minimum absolute atomic E-state index is 0.205. The molecule has 1 atom stereocenters. The molecule has 0 saturated carbocycles. The summed E-state index contributed by atoms with van der Waals surface area (Å²) in [4.78, 5) is 2.57. The lowest BCUT2D eigenvalue weighted by molar-refractivity contribution is 0.133. The second-order valence-corrected chi connectivity index (χ2v) is 8.32. The second-order valence-electron chi connectivity index (χ2n) is 7.39. The Kier molecular flexibility index (Phi) is 6.77. The number of nitrogens with zero attached hydrogens (tertiary/aromatic N) is 1. The summed E-state index contributed by atoms with van der Waals surface area (Å²) in [6.07, 6.45) is 2.36. The van der Waals surface area contributed by atoms with E-state index in [4.69, 9.17) is 4.55 Å². The summed E-state index contributed by atoms with van der Waals surface area (Å²) >= 11 is -1.77. The molecule has 1 aromatic carbocycles. The van der Waals surface area contributed by atoms with Gasteiger partial charge >= 0.3 is 0 Å². The third kappa shape index (κ3) is 6.34. The summed E-state index contributed by atoms with van der Waals surface area (Å²) in [5.41, 5.74) is 2.34. The van der Waals surface area contributed by atoms with Crippen molar-refractivity contribution in [2.45, 2.75) is 51.4 Å². The van der Waals surface area contributed by atoms with Gasteiger partial charge in [0.2, 0.25) is 0 Å². The fourth-order valence-corrected chi connectivity index (χ4v) is 3.61. The average Bonchev–Trinajstić information content (AvgIpc) is 2.48. The Morgan fingerprint density at radius 1 is 1.22 bits per heavy atom. The van der Waals surface area contributed by atoms with Gasteiger partial charge in [0.1, 0.15) is 0 Å². The van der Waals surface area contributed by atoms with Crippen molar-refractivity contribution < 1.29 is 8.76 Å². The number of rotatable bonds is 7. The normalized spacial score (nSPS) is 19.9. The standard InChI is InChI=1S/C18H30N2O2S/c1-15(2)13-20-10-8-18(3,9-11-20)19-12-16-4-6-17(7-5-16)14-23(21)22/h4-7,15,19H,8-14H2,1-3H3,(H,21,22). The molecule has 1 aromatic rings. The first-order valence-corrected chi connectivity index (χ1v) is 9.76. The first-order valence-electron chi connectivity index (χ1n) is 8.49. The van der Waals surface area contributed by atoms with Crippen LogP contribution in [-0.2, 0) is 23.4 Å². The van der Waals surface area contributed by atoms with Crippen LogP contribution in [0.2, 0.25) is 0 Å². The number of nitrogens with one attached hydrogen (secondary N) is 1. The van der Waals surface area contributed by atoms with Crippen LogP contribution < -0.4 is 5.32 Å². The predicted molar refractivity (Wildman–Crippen MR) is 96.7 cm³/mol. The Morgan fingerprint density at radius 2 is 1.78 bits per heavy atom. The first kappa shape index (κ1) is 18.6. The molecule has 23 heavy (non-hydrogen) atoms. The van der Waals surface area contributed by atoms with E-state index in [1.807, 2.05) is 24.3 Å². The van der Waals surface area contributed by atoms with E-state index in [9.17, 15) is 4.21 Å². The van der Waals surface area contributed by atoms with E-state index in [1.54, 1.807) is 0 Å². The largest absolute Gasteiger partial charge is 0.307 e. The smallest absolute Gasteiger partial charge is 0.157 e. The van der Waals surface area contributed by atoms with Crippen LogP contribution in [0.3, 0.4) is 0 Å². The van der Waals surface area contributed by atoms with Crippen LogP contribution in [0, 0.1) is 5.92 Å². The van der Waals surface area contributed by atoms with Gasteiger partial charge in [-0.2, -0.15) is 0 Å². The summed E-state index contributed by atoms with van der Waals surface area (Å²) in [6, 6.07) is 7.98. The van der Waals surface area contributed by atoms with E-state index in [0.29, 0.717) is 0 Å². The van der Waals surface area contributed by atoms with E-state index < -0.39 is 11.1 Å². The van der Waals surface area contributed by atoms with Crippen LogP contribution in [0.1, 0.15) is 44.7 Å².